The van der Waals surface area contributed by atoms with E-state index >= 15 is 0 Å². The van der Waals surface area contributed by atoms with Gasteiger partial charge in [0, 0.05) is 32.3 Å². The molecular weight excluding hydrogens is 382 g/mol. The van der Waals surface area contributed by atoms with E-state index in [2.05, 4.69) is 42.9 Å². The molecular formula is C16H11Br2NO. The molecule has 0 N–H and O–H groups in total. The molecule has 0 fully saturated rings. The maximum absolute atomic E-state index is 10.2. The van der Waals surface area contributed by atoms with Gasteiger partial charge in [-0.25, -0.2) is 0 Å². The Balaban J connectivity index is 0.000000151. The molecule has 3 rings (SSSR count). The normalized spacial score (nSPS) is 9.70. The predicted octanol–water partition coefficient (Wildman–Crippen LogP) is 5.26. The number of aldehydes is 1. The van der Waals surface area contributed by atoms with Gasteiger partial charge in [0.05, 0.1) is 0 Å². The summed E-state index contributed by atoms with van der Waals surface area (Å²) >= 11 is 6.68. The average Bonchev–Trinajstić information content (AvgIpc) is 2.49. The second kappa shape index (κ2) is 7.31. The number of nitrogens with zero attached hydrogens (tertiary/aromatic N) is 1. The molecule has 0 aliphatic rings. The second-order valence-electron chi connectivity index (χ2n) is 3.98. The van der Waals surface area contributed by atoms with Crippen LogP contribution in [0.1, 0.15) is 10.4 Å². The number of carbonyl (C=O) groups is 1. The van der Waals surface area contributed by atoms with E-state index in [1.807, 2.05) is 42.6 Å². The summed E-state index contributed by atoms with van der Waals surface area (Å²) < 4.78 is 1.95. The molecule has 2 aromatic carbocycles. The van der Waals surface area contributed by atoms with Crippen LogP contribution < -0.4 is 0 Å². The molecule has 0 aliphatic heterocycles. The Bertz CT molecular complexity index is 723. The fourth-order valence-electron chi connectivity index (χ4n) is 1.65. The monoisotopic (exact) mass is 391 g/mol. The number of fused-ring (bicyclic) bond motifs is 1. The Hall–Kier alpha value is -1.52. The summed E-state index contributed by atoms with van der Waals surface area (Å²) in [5.74, 6) is 0. The van der Waals surface area contributed by atoms with Gasteiger partial charge in [-0.05, 0) is 23.6 Å². The standard InChI is InChI=1S/C9H6BrN.C7H5BrO/c10-9-3-1-2-7-4-5-11-6-8(7)9;8-7-4-2-1-3-6(7)5-9/h1-6H;1-5H. The predicted molar refractivity (Wildman–Crippen MR) is 89.0 cm³/mol. The zero-order valence-electron chi connectivity index (χ0n) is 10.5. The van der Waals surface area contributed by atoms with Crippen LogP contribution in [0, 0.1) is 0 Å². The number of hydrogen-bond acceptors (Lipinski definition) is 2. The Morgan fingerprint density at radius 1 is 0.900 bits per heavy atom. The van der Waals surface area contributed by atoms with Gasteiger partial charge in [0.1, 0.15) is 0 Å². The summed E-state index contributed by atoms with van der Waals surface area (Å²) in [7, 11) is 0. The van der Waals surface area contributed by atoms with Gasteiger partial charge in [-0.15, -0.1) is 0 Å². The highest BCUT2D eigenvalue weighted by Crippen LogP contribution is 2.21. The number of benzene rings is 2. The summed E-state index contributed by atoms with van der Waals surface area (Å²) in [4.78, 5) is 14.2. The minimum atomic E-state index is 0.692. The van der Waals surface area contributed by atoms with Crippen LogP contribution in [-0.4, -0.2) is 11.3 Å². The van der Waals surface area contributed by atoms with Crippen molar-refractivity contribution < 1.29 is 4.79 Å². The molecule has 1 aromatic heterocycles. The lowest BCUT2D eigenvalue weighted by atomic mass is 10.2. The van der Waals surface area contributed by atoms with Crippen LogP contribution in [0.25, 0.3) is 10.8 Å². The van der Waals surface area contributed by atoms with E-state index in [1.54, 1.807) is 12.3 Å². The lowest BCUT2D eigenvalue weighted by molar-refractivity contribution is 0.112. The van der Waals surface area contributed by atoms with Gasteiger partial charge in [-0.3, -0.25) is 9.78 Å². The molecule has 4 heteroatoms. The topological polar surface area (TPSA) is 30.0 Å². The van der Waals surface area contributed by atoms with E-state index < -0.39 is 0 Å². The van der Waals surface area contributed by atoms with Crippen molar-refractivity contribution in [3.8, 4) is 0 Å². The molecule has 0 aliphatic carbocycles. The molecule has 0 radical (unpaired) electrons. The van der Waals surface area contributed by atoms with Crippen molar-refractivity contribution in [3.63, 3.8) is 0 Å². The Morgan fingerprint density at radius 2 is 1.65 bits per heavy atom. The van der Waals surface area contributed by atoms with E-state index in [1.165, 1.54) is 5.39 Å². The van der Waals surface area contributed by atoms with Crippen LogP contribution >= 0.6 is 31.9 Å². The van der Waals surface area contributed by atoms with E-state index in [-0.39, 0.29) is 0 Å². The van der Waals surface area contributed by atoms with Crippen molar-refractivity contribution in [1.29, 1.82) is 0 Å². The third kappa shape index (κ3) is 3.74. The van der Waals surface area contributed by atoms with Crippen molar-refractivity contribution in [2.75, 3.05) is 0 Å². The van der Waals surface area contributed by atoms with Gasteiger partial charge in [-0.1, -0.05) is 62.2 Å². The van der Waals surface area contributed by atoms with Gasteiger partial charge in [0.25, 0.3) is 0 Å². The fourth-order valence-corrected chi connectivity index (χ4v) is 2.51. The maximum atomic E-state index is 10.2. The van der Waals surface area contributed by atoms with Gasteiger partial charge in [0.15, 0.2) is 6.29 Å². The smallest absolute Gasteiger partial charge is 0.151 e. The zero-order valence-corrected chi connectivity index (χ0v) is 13.6. The van der Waals surface area contributed by atoms with Gasteiger partial charge >= 0.3 is 0 Å². The average molecular weight is 393 g/mol. The highest BCUT2D eigenvalue weighted by atomic mass is 79.9. The minimum absolute atomic E-state index is 0.692. The summed E-state index contributed by atoms with van der Waals surface area (Å²) in [6.07, 6.45) is 4.48. The van der Waals surface area contributed by atoms with Crippen molar-refractivity contribution in [3.05, 3.63) is 75.4 Å². The quantitative estimate of drug-likeness (QED) is 0.528. The first-order valence-corrected chi connectivity index (χ1v) is 7.49. The highest BCUT2D eigenvalue weighted by Gasteiger charge is 1.94. The van der Waals surface area contributed by atoms with Crippen LogP contribution in [0.2, 0.25) is 0 Å². The highest BCUT2D eigenvalue weighted by molar-refractivity contribution is 9.11. The van der Waals surface area contributed by atoms with E-state index in [0.717, 1.165) is 20.6 Å². The van der Waals surface area contributed by atoms with Gasteiger partial charge in [-0.2, -0.15) is 0 Å². The number of pyridine rings is 1. The summed E-state index contributed by atoms with van der Waals surface area (Å²) in [6.45, 7) is 0. The van der Waals surface area contributed by atoms with Crippen molar-refractivity contribution in [2.24, 2.45) is 0 Å². The molecule has 0 atom stereocenters. The molecule has 0 amide bonds. The lowest BCUT2D eigenvalue weighted by Crippen LogP contribution is -1.78. The first-order valence-electron chi connectivity index (χ1n) is 5.90. The number of aromatic nitrogens is 1. The number of rotatable bonds is 1. The first kappa shape index (κ1) is 14.9. The fraction of sp³-hybridized carbons (Fsp3) is 0. The van der Waals surface area contributed by atoms with Crippen molar-refractivity contribution in [2.45, 2.75) is 0 Å². The van der Waals surface area contributed by atoms with Crippen molar-refractivity contribution in [1.82, 2.24) is 4.98 Å². The number of halogens is 2. The molecule has 0 saturated carbocycles. The molecule has 0 saturated heterocycles. The van der Waals surface area contributed by atoms with Crippen LogP contribution in [0.15, 0.2) is 69.9 Å². The molecule has 0 bridgehead atoms. The molecule has 0 spiro atoms. The number of hydrogen-bond donors (Lipinski definition) is 0. The Kier molecular flexibility index (Phi) is 5.44. The molecule has 2 nitrogen and oxygen atoms in total. The van der Waals surface area contributed by atoms with Crippen LogP contribution in [0.5, 0.6) is 0 Å². The molecule has 3 aromatic rings. The lowest BCUT2D eigenvalue weighted by Gasteiger charge is -1.96. The summed E-state index contributed by atoms with van der Waals surface area (Å²) in [5, 5.41) is 2.38. The zero-order chi connectivity index (χ0) is 14.4. The molecule has 1 heterocycles. The van der Waals surface area contributed by atoms with Gasteiger partial charge in [0.2, 0.25) is 0 Å². The second-order valence-corrected chi connectivity index (χ2v) is 5.68. The largest absolute Gasteiger partial charge is 0.298 e. The van der Waals surface area contributed by atoms with Crippen LogP contribution in [-0.2, 0) is 0 Å². The Morgan fingerprint density at radius 3 is 2.30 bits per heavy atom. The third-order valence-electron chi connectivity index (χ3n) is 2.66. The summed E-state index contributed by atoms with van der Waals surface area (Å²) in [5.41, 5.74) is 0.692. The maximum Gasteiger partial charge on any atom is 0.151 e. The van der Waals surface area contributed by atoms with Crippen LogP contribution in [0.3, 0.4) is 0 Å². The van der Waals surface area contributed by atoms with Crippen LogP contribution in [0.4, 0.5) is 0 Å². The van der Waals surface area contributed by atoms with Crippen molar-refractivity contribution >= 4 is 48.9 Å². The van der Waals surface area contributed by atoms with E-state index in [9.17, 15) is 4.79 Å². The molecule has 20 heavy (non-hydrogen) atoms. The minimum Gasteiger partial charge on any atom is -0.298 e. The number of carbonyl (C=O) groups excluding carboxylic acids is 1. The summed E-state index contributed by atoms with van der Waals surface area (Å²) in [6, 6.07) is 15.4. The molecule has 100 valence electrons. The van der Waals surface area contributed by atoms with E-state index in [4.69, 9.17) is 0 Å². The SMILES string of the molecule is Brc1cccc2ccncc12.O=Cc1ccccc1Br. The van der Waals surface area contributed by atoms with E-state index in [0.29, 0.717) is 5.56 Å². The van der Waals surface area contributed by atoms with Gasteiger partial charge < -0.3 is 0 Å². The third-order valence-corrected chi connectivity index (χ3v) is 4.08. The molecule has 0 unspecified atom stereocenters. The Labute approximate surface area is 134 Å². The first-order chi connectivity index (χ1) is 9.72.